The molecule has 0 saturated carbocycles. The lowest BCUT2D eigenvalue weighted by molar-refractivity contribution is -0.135. The van der Waals surface area contributed by atoms with E-state index in [1.54, 1.807) is 4.90 Å². The Hall–Kier alpha value is -2.21. The number of piperidine rings is 1. The van der Waals surface area contributed by atoms with Crippen LogP contribution in [-0.4, -0.2) is 53.0 Å². The first-order valence-electron chi connectivity index (χ1n) is 8.36. The van der Waals surface area contributed by atoms with Crippen LogP contribution in [-0.2, 0) is 4.79 Å². The van der Waals surface area contributed by atoms with Gasteiger partial charge in [0.05, 0.1) is 0 Å². The molecule has 0 spiro atoms. The Kier molecular flexibility index (Phi) is 4.94. The van der Waals surface area contributed by atoms with Crippen LogP contribution in [0, 0.1) is 6.92 Å². The van der Waals surface area contributed by atoms with Crippen LogP contribution in [0.25, 0.3) is 0 Å². The van der Waals surface area contributed by atoms with Crippen molar-refractivity contribution < 1.29 is 9.32 Å². The van der Waals surface area contributed by atoms with Gasteiger partial charge in [-0.2, -0.15) is 4.98 Å². The molecular formula is C18H24N4O2. The first kappa shape index (κ1) is 16.6. The second-order valence-corrected chi connectivity index (χ2v) is 6.54. The standard InChI is InChI=1S/C18H24N4O2/c1-13-19-17(24-20-13)15-9-11-22(12-10-15)16(18(23)21(2)3)14-7-5-4-6-8-14/h4-8,15-16H,9-12H2,1-3H3/t16-/m1/s1. The molecular weight excluding hydrogens is 304 g/mol. The third kappa shape index (κ3) is 3.48. The highest BCUT2D eigenvalue weighted by Gasteiger charge is 2.33. The summed E-state index contributed by atoms with van der Waals surface area (Å²) in [6.45, 7) is 3.51. The molecule has 2 aromatic rings. The maximum atomic E-state index is 12.7. The summed E-state index contributed by atoms with van der Waals surface area (Å²) in [7, 11) is 3.62. The molecule has 6 nitrogen and oxygen atoms in total. The second kappa shape index (κ2) is 7.13. The van der Waals surface area contributed by atoms with E-state index in [2.05, 4.69) is 15.0 Å². The fourth-order valence-electron chi connectivity index (χ4n) is 3.27. The molecule has 24 heavy (non-hydrogen) atoms. The summed E-state index contributed by atoms with van der Waals surface area (Å²) in [5, 5.41) is 3.88. The molecule has 3 rings (SSSR count). The van der Waals surface area contributed by atoms with Gasteiger partial charge in [-0.3, -0.25) is 9.69 Å². The van der Waals surface area contributed by atoms with Crippen molar-refractivity contribution in [2.24, 2.45) is 0 Å². The molecule has 1 aliphatic rings. The molecule has 1 atom stereocenters. The van der Waals surface area contributed by atoms with Crippen LogP contribution >= 0.6 is 0 Å². The van der Waals surface area contributed by atoms with Gasteiger partial charge in [0.15, 0.2) is 5.82 Å². The van der Waals surface area contributed by atoms with Crippen LogP contribution in [0.1, 0.15) is 42.1 Å². The first-order valence-corrected chi connectivity index (χ1v) is 8.36. The Morgan fingerprint density at radius 1 is 1.25 bits per heavy atom. The summed E-state index contributed by atoms with van der Waals surface area (Å²) < 4.78 is 5.32. The van der Waals surface area contributed by atoms with Crippen LogP contribution in [0.15, 0.2) is 34.9 Å². The molecule has 1 amide bonds. The Morgan fingerprint density at radius 3 is 2.46 bits per heavy atom. The average Bonchev–Trinajstić information content (AvgIpc) is 3.03. The molecule has 0 bridgehead atoms. The highest BCUT2D eigenvalue weighted by molar-refractivity contribution is 5.82. The molecule has 2 heterocycles. The van der Waals surface area contributed by atoms with E-state index >= 15 is 0 Å². The number of aryl methyl sites for hydroxylation is 1. The highest BCUT2D eigenvalue weighted by atomic mass is 16.5. The summed E-state index contributed by atoms with van der Waals surface area (Å²) in [6, 6.07) is 9.77. The fraction of sp³-hybridized carbons (Fsp3) is 0.500. The quantitative estimate of drug-likeness (QED) is 0.862. The van der Waals surface area contributed by atoms with Crippen molar-refractivity contribution in [1.29, 1.82) is 0 Å². The minimum Gasteiger partial charge on any atom is -0.347 e. The predicted octanol–water partition coefficient (Wildman–Crippen LogP) is 2.39. The zero-order valence-electron chi connectivity index (χ0n) is 14.5. The number of likely N-dealkylation sites (N-methyl/N-ethyl adjacent to an activating group) is 1. The SMILES string of the molecule is Cc1noc(C2CCN([C@@H](C(=O)N(C)C)c3ccccc3)CC2)n1. The molecule has 6 heteroatoms. The van der Waals surface area contributed by atoms with E-state index in [0.717, 1.165) is 37.4 Å². The molecule has 0 unspecified atom stereocenters. The normalized spacial score (nSPS) is 17.6. The zero-order chi connectivity index (χ0) is 17.1. The Balaban J connectivity index is 1.74. The Bertz CT molecular complexity index is 675. The summed E-state index contributed by atoms with van der Waals surface area (Å²) >= 11 is 0. The number of hydrogen-bond donors (Lipinski definition) is 0. The van der Waals surface area contributed by atoms with E-state index in [1.165, 1.54) is 0 Å². The van der Waals surface area contributed by atoms with Gasteiger partial charge in [-0.05, 0) is 38.4 Å². The van der Waals surface area contributed by atoms with Gasteiger partial charge in [0.1, 0.15) is 6.04 Å². The number of likely N-dealkylation sites (tertiary alicyclic amines) is 1. The van der Waals surface area contributed by atoms with Crippen LogP contribution in [0.5, 0.6) is 0 Å². The predicted molar refractivity (Wildman–Crippen MR) is 90.5 cm³/mol. The van der Waals surface area contributed by atoms with Gasteiger partial charge in [0, 0.05) is 20.0 Å². The van der Waals surface area contributed by atoms with Gasteiger partial charge in [-0.25, -0.2) is 0 Å². The van der Waals surface area contributed by atoms with Crippen molar-refractivity contribution in [3.05, 3.63) is 47.6 Å². The van der Waals surface area contributed by atoms with Crippen LogP contribution in [0.3, 0.4) is 0 Å². The largest absolute Gasteiger partial charge is 0.347 e. The van der Waals surface area contributed by atoms with Crippen molar-refractivity contribution in [2.75, 3.05) is 27.2 Å². The Morgan fingerprint density at radius 2 is 1.92 bits per heavy atom. The maximum Gasteiger partial charge on any atom is 0.244 e. The third-order valence-electron chi connectivity index (χ3n) is 4.58. The fourth-order valence-corrected chi connectivity index (χ4v) is 3.27. The average molecular weight is 328 g/mol. The van der Waals surface area contributed by atoms with Gasteiger partial charge < -0.3 is 9.42 Å². The molecule has 128 valence electrons. The van der Waals surface area contributed by atoms with Crippen LogP contribution < -0.4 is 0 Å². The minimum absolute atomic E-state index is 0.119. The van der Waals surface area contributed by atoms with Gasteiger partial charge >= 0.3 is 0 Å². The van der Waals surface area contributed by atoms with E-state index in [-0.39, 0.29) is 17.9 Å². The molecule has 1 aromatic carbocycles. The lowest BCUT2D eigenvalue weighted by atomic mass is 9.93. The lowest BCUT2D eigenvalue weighted by Crippen LogP contribution is -2.43. The van der Waals surface area contributed by atoms with Crippen molar-refractivity contribution in [3.63, 3.8) is 0 Å². The number of carbonyl (C=O) groups is 1. The number of rotatable bonds is 4. The molecule has 1 aromatic heterocycles. The number of nitrogens with zero attached hydrogens (tertiary/aromatic N) is 4. The highest BCUT2D eigenvalue weighted by Crippen LogP contribution is 2.32. The monoisotopic (exact) mass is 328 g/mol. The summed E-state index contributed by atoms with van der Waals surface area (Å²) in [5.74, 6) is 1.81. The van der Waals surface area contributed by atoms with Gasteiger partial charge in [-0.1, -0.05) is 35.5 Å². The lowest BCUT2D eigenvalue weighted by Gasteiger charge is -2.37. The molecule has 0 radical (unpaired) electrons. The van der Waals surface area contributed by atoms with Crippen molar-refractivity contribution in [3.8, 4) is 0 Å². The third-order valence-corrected chi connectivity index (χ3v) is 4.58. The van der Waals surface area contributed by atoms with Gasteiger partial charge in [-0.15, -0.1) is 0 Å². The number of carbonyl (C=O) groups excluding carboxylic acids is 1. The van der Waals surface area contributed by atoms with E-state index in [1.807, 2.05) is 51.4 Å². The maximum absolute atomic E-state index is 12.7. The zero-order valence-corrected chi connectivity index (χ0v) is 14.5. The first-order chi connectivity index (χ1) is 11.6. The van der Waals surface area contributed by atoms with Crippen LogP contribution in [0.4, 0.5) is 0 Å². The van der Waals surface area contributed by atoms with E-state index in [9.17, 15) is 4.79 Å². The smallest absolute Gasteiger partial charge is 0.244 e. The molecule has 0 aliphatic carbocycles. The van der Waals surface area contributed by atoms with Crippen molar-refractivity contribution in [1.82, 2.24) is 19.9 Å². The summed E-state index contributed by atoms with van der Waals surface area (Å²) in [6.07, 6.45) is 1.84. The number of aromatic nitrogens is 2. The summed E-state index contributed by atoms with van der Waals surface area (Å²) in [5.41, 5.74) is 1.04. The minimum atomic E-state index is -0.230. The van der Waals surface area contributed by atoms with E-state index < -0.39 is 0 Å². The molecule has 1 saturated heterocycles. The number of amides is 1. The van der Waals surface area contributed by atoms with E-state index in [0.29, 0.717) is 5.82 Å². The number of benzene rings is 1. The molecule has 1 aliphatic heterocycles. The van der Waals surface area contributed by atoms with Crippen LogP contribution in [0.2, 0.25) is 0 Å². The van der Waals surface area contributed by atoms with Crippen molar-refractivity contribution in [2.45, 2.75) is 31.7 Å². The topological polar surface area (TPSA) is 62.5 Å². The summed E-state index contributed by atoms with van der Waals surface area (Å²) in [4.78, 5) is 21.0. The Labute approximate surface area is 142 Å². The molecule has 0 N–H and O–H groups in total. The van der Waals surface area contributed by atoms with Gasteiger partial charge in [0.2, 0.25) is 11.8 Å². The van der Waals surface area contributed by atoms with Crippen molar-refractivity contribution >= 4 is 5.91 Å². The molecule has 1 fully saturated rings. The second-order valence-electron chi connectivity index (χ2n) is 6.54. The number of hydrogen-bond acceptors (Lipinski definition) is 5. The van der Waals surface area contributed by atoms with E-state index in [4.69, 9.17) is 4.52 Å². The van der Waals surface area contributed by atoms with Gasteiger partial charge in [0.25, 0.3) is 0 Å².